The van der Waals surface area contributed by atoms with Crippen LogP contribution in [-0.4, -0.2) is 45.4 Å². The number of rotatable bonds is 4. The zero-order valence-electron chi connectivity index (χ0n) is 19.4. The lowest BCUT2D eigenvalue weighted by Gasteiger charge is -2.36. The third kappa shape index (κ3) is 5.16. The molecule has 0 amide bonds. The van der Waals surface area contributed by atoms with Gasteiger partial charge in [-0.1, -0.05) is 32.9 Å². The number of carbonyl (C=O) groups is 1. The minimum atomic E-state index is -4.22. The van der Waals surface area contributed by atoms with E-state index < -0.39 is 40.3 Å². The Morgan fingerprint density at radius 3 is 2.13 bits per heavy atom. The van der Waals surface area contributed by atoms with Crippen molar-refractivity contribution >= 4 is 28.7 Å². The Labute approximate surface area is 186 Å². The highest BCUT2D eigenvalue weighted by Gasteiger charge is 2.51. The lowest BCUT2D eigenvalue weighted by Crippen LogP contribution is -2.41. The van der Waals surface area contributed by atoms with Gasteiger partial charge < -0.3 is 18.2 Å². The van der Waals surface area contributed by atoms with Crippen molar-refractivity contribution in [3.05, 3.63) is 24.3 Å². The summed E-state index contributed by atoms with van der Waals surface area (Å²) in [5.41, 5.74) is -0.429. The minimum absolute atomic E-state index is 0.0828. The number of hydrogen-bond donors (Lipinski definition) is 0. The first kappa shape index (κ1) is 24.2. The largest absolute Gasteiger partial charge is 0.494 e. The van der Waals surface area contributed by atoms with Crippen LogP contribution in [0.15, 0.2) is 29.2 Å². The summed E-state index contributed by atoms with van der Waals surface area (Å²) in [4.78, 5) is 12.5. The zero-order valence-corrected chi connectivity index (χ0v) is 20.2. The Hall–Kier alpha value is -1.42. The molecule has 31 heavy (non-hydrogen) atoms. The van der Waals surface area contributed by atoms with Crippen LogP contribution in [0.5, 0.6) is 0 Å². The van der Waals surface area contributed by atoms with E-state index in [-0.39, 0.29) is 16.4 Å². The van der Waals surface area contributed by atoms with E-state index >= 15 is 0 Å². The van der Waals surface area contributed by atoms with E-state index in [9.17, 15) is 13.2 Å². The molecule has 2 unspecified atom stereocenters. The van der Waals surface area contributed by atoms with Crippen LogP contribution in [0.3, 0.4) is 0 Å². The highest BCUT2D eigenvalue weighted by atomic mass is 32.2. The van der Waals surface area contributed by atoms with Crippen molar-refractivity contribution in [2.24, 2.45) is 11.3 Å². The lowest BCUT2D eigenvalue weighted by molar-refractivity contribution is -0.146. The predicted octanol–water partition coefficient (Wildman–Crippen LogP) is 3.06. The van der Waals surface area contributed by atoms with Gasteiger partial charge in [0.2, 0.25) is 0 Å². The molecule has 0 radical (unpaired) electrons. The summed E-state index contributed by atoms with van der Waals surface area (Å²) in [6.07, 6.45) is 0.765. The van der Waals surface area contributed by atoms with Crippen molar-refractivity contribution in [1.82, 2.24) is 0 Å². The Balaban J connectivity index is 1.68. The number of hydrogen-bond acceptors (Lipinski definition) is 7. The van der Waals surface area contributed by atoms with Gasteiger partial charge in [0.05, 0.1) is 23.2 Å². The molecule has 2 saturated heterocycles. The van der Waals surface area contributed by atoms with Crippen LogP contribution in [0, 0.1) is 11.3 Å². The fourth-order valence-electron chi connectivity index (χ4n) is 3.61. The smallest absolute Gasteiger partial charge is 0.399 e. The summed E-state index contributed by atoms with van der Waals surface area (Å²) in [5.74, 6) is -1.23. The number of ether oxygens (including phenoxy) is 1. The maximum Gasteiger partial charge on any atom is 0.494 e. The third-order valence-electron chi connectivity index (χ3n) is 6.47. The van der Waals surface area contributed by atoms with Crippen LogP contribution in [0.25, 0.3) is 0 Å². The van der Waals surface area contributed by atoms with Gasteiger partial charge in [0.15, 0.2) is 0 Å². The lowest BCUT2D eigenvalue weighted by atomic mass is 9.79. The molecule has 7 nitrogen and oxygen atoms in total. The van der Waals surface area contributed by atoms with Crippen molar-refractivity contribution in [1.29, 1.82) is 0 Å². The molecule has 1 aromatic rings. The Morgan fingerprint density at radius 1 is 1.06 bits per heavy atom. The highest BCUT2D eigenvalue weighted by Crippen LogP contribution is 2.36. The normalized spacial score (nSPS) is 26.0. The maximum atomic E-state index is 12.7. The SMILES string of the molecule is CC(C)(C)C1CC(C(=O)OS(=O)(=O)c2ccc(B3OC(C)(C)C(C)(C)O3)cc2)CCO1. The fraction of sp³-hybridized carbons (Fsp3) is 0.682. The average molecular weight is 452 g/mol. The third-order valence-corrected chi connectivity index (χ3v) is 7.70. The van der Waals surface area contributed by atoms with Crippen LogP contribution in [0.4, 0.5) is 0 Å². The molecule has 2 aliphatic heterocycles. The van der Waals surface area contributed by atoms with E-state index in [0.29, 0.717) is 24.9 Å². The number of benzene rings is 1. The maximum absolute atomic E-state index is 12.7. The fourth-order valence-corrected chi connectivity index (χ4v) is 4.53. The molecular weight excluding hydrogens is 419 g/mol. The van der Waals surface area contributed by atoms with Gasteiger partial charge in [0.25, 0.3) is 0 Å². The molecule has 2 aliphatic rings. The van der Waals surface area contributed by atoms with Gasteiger partial charge >= 0.3 is 23.2 Å². The van der Waals surface area contributed by atoms with E-state index in [2.05, 4.69) is 0 Å². The Bertz CT molecular complexity index is 900. The van der Waals surface area contributed by atoms with Crippen LogP contribution >= 0.6 is 0 Å². The first-order chi connectivity index (χ1) is 14.1. The summed E-state index contributed by atoms with van der Waals surface area (Å²) >= 11 is 0. The monoisotopic (exact) mass is 452 g/mol. The van der Waals surface area contributed by atoms with Gasteiger partial charge in [0.1, 0.15) is 4.90 Å². The molecule has 2 heterocycles. The molecule has 1 aromatic carbocycles. The van der Waals surface area contributed by atoms with Crippen molar-refractivity contribution in [3.8, 4) is 0 Å². The van der Waals surface area contributed by atoms with E-state index in [0.717, 1.165) is 0 Å². The van der Waals surface area contributed by atoms with E-state index in [4.69, 9.17) is 18.2 Å². The summed E-state index contributed by atoms with van der Waals surface area (Å²) in [6.45, 7) is 14.3. The zero-order chi connectivity index (χ0) is 23.2. The molecule has 0 bridgehead atoms. The van der Waals surface area contributed by atoms with E-state index in [1.165, 1.54) is 12.1 Å². The van der Waals surface area contributed by atoms with Gasteiger partial charge in [-0.25, -0.2) is 0 Å². The van der Waals surface area contributed by atoms with Crippen LogP contribution in [0.1, 0.15) is 61.3 Å². The summed E-state index contributed by atoms with van der Waals surface area (Å²) in [5, 5.41) is 0. The molecule has 172 valence electrons. The van der Waals surface area contributed by atoms with Gasteiger partial charge in [-0.05, 0) is 63.5 Å². The molecule has 0 aromatic heterocycles. The van der Waals surface area contributed by atoms with Crippen molar-refractivity contribution in [2.75, 3.05) is 6.61 Å². The molecule has 0 aliphatic carbocycles. The highest BCUT2D eigenvalue weighted by molar-refractivity contribution is 7.87. The summed E-state index contributed by atoms with van der Waals surface area (Å²) in [6, 6.07) is 6.05. The van der Waals surface area contributed by atoms with Crippen LogP contribution < -0.4 is 5.46 Å². The molecular formula is C22H33BO7S. The molecule has 0 spiro atoms. The molecule has 2 fully saturated rings. The average Bonchev–Trinajstić information content (AvgIpc) is 2.88. The van der Waals surface area contributed by atoms with Crippen molar-refractivity contribution < 1.29 is 31.4 Å². The minimum Gasteiger partial charge on any atom is -0.399 e. The Kier molecular flexibility index (Phi) is 6.39. The summed E-state index contributed by atoms with van der Waals surface area (Å²) in [7, 11) is -4.82. The van der Waals surface area contributed by atoms with Gasteiger partial charge in [-0.15, -0.1) is 0 Å². The molecule has 2 atom stereocenters. The second kappa shape index (κ2) is 8.17. The second-order valence-electron chi connectivity index (χ2n) is 10.5. The molecule has 0 saturated carbocycles. The van der Waals surface area contributed by atoms with E-state index in [1.54, 1.807) is 12.1 Å². The Morgan fingerprint density at radius 2 is 1.61 bits per heavy atom. The van der Waals surface area contributed by atoms with Crippen LogP contribution in [-0.2, 0) is 33.1 Å². The second-order valence-corrected chi connectivity index (χ2v) is 12.0. The molecule has 0 N–H and O–H groups in total. The first-order valence-corrected chi connectivity index (χ1v) is 12.1. The molecule has 9 heteroatoms. The standard InChI is InChI=1S/C22H33BO7S/c1-20(2,3)18-14-15(12-13-27-18)19(24)28-31(25,26)17-10-8-16(9-11-17)23-29-21(4,5)22(6,7)30-23/h8-11,15,18H,12-14H2,1-7H3. The first-order valence-electron chi connectivity index (χ1n) is 10.7. The van der Waals surface area contributed by atoms with Crippen LogP contribution in [0.2, 0.25) is 0 Å². The van der Waals surface area contributed by atoms with Crippen molar-refractivity contribution in [3.63, 3.8) is 0 Å². The van der Waals surface area contributed by atoms with Gasteiger partial charge in [-0.3, -0.25) is 4.79 Å². The van der Waals surface area contributed by atoms with Gasteiger partial charge in [-0.2, -0.15) is 8.42 Å². The van der Waals surface area contributed by atoms with Gasteiger partial charge in [0, 0.05) is 6.61 Å². The predicted molar refractivity (Wildman–Crippen MR) is 117 cm³/mol. The summed E-state index contributed by atoms with van der Waals surface area (Å²) < 4.78 is 48.0. The van der Waals surface area contributed by atoms with E-state index in [1.807, 2.05) is 48.5 Å². The topological polar surface area (TPSA) is 88.1 Å². The quantitative estimate of drug-likeness (QED) is 0.513. The van der Waals surface area contributed by atoms with Crippen molar-refractivity contribution in [2.45, 2.75) is 83.5 Å². The number of carbonyl (C=O) groups excluding carboxylic acids is 1. The molecule has 3 rings (SSSR count).